The second-order valence-electron chi connectivity index (χ2n) is 5.11. The molecule has 1 amide bonds. The van der Waals surface area contributed by atoms with E-state index in [0.29, 0.717) is 45.6 Å². The molecule has 0 bridgehead atoms. The van der Waals surface area contributed by atoms with E-state index in [-0.39, 0.29) is 11.7 Å². The molecule has 0 saturated carbocycles. The Kier molecular flexibility index (Phi) is 5.14. The molecular formula is C18H17FN2O3S. The highest BCUT2D eigenvalue weighted by Crippen LogP contribution is 2.30. The van der Waals surface area contributed by atoms with Crippen LogP contribution in [-0.4, -0.2) is 24.1 Å². The fourth-order valence-electron chi connectivity index (χ4n) is 2.31. The number of halogens is 1. The summed E-state index contributed by atoms with van der Waals surface area (Å²) in [6, 6.07) is 9.33. The Labute approximate surface area is 148 Å². The molecule has 0 radical (unpaired) electrons. The van der Waals surface area contributed by atoms with Gasteiger partial charge in [0.2, 0.25) is 0 Å². The molecule has 3 rings (SSSR count). The molecule has 0 aliphatic carbocycles. The molecule has 0 fully saturated rings. The number of amides is 1. The van der Waals surface area contributed by atoms with Crippen molar-refractivity contribution in [2.75, 3.05) is 18.5 Å². The maximum Gasteiger partial charge on any atom is 0.257 e. The van der Waals surface area contributed by atoms with Gasteiger partial charge in [-0.05, 0) is 50.2 Å². The van der Waals surface area contributed by atoms with Gasteiger partial charge in [0.15, 0.2) is 16.6 Å². The molecule has 5 nitrogen and oxygen atoms in total. The zero-order valence-electron chi connectivity index (χ0n) is 13.8. The molecule has 0 aliphatic rings. The van der Waals surface area contributed by atoms with Crippen molar-refractivity contribution < 1.29 is 18.7 Å². The van der Waals surface area contributed by atoms with Gasteiger partial charge in [0.1, 0.15) is 5.82 Å². The molecular weight excluding hydrogens is 343 g/mol. The van der Waals surface area contributed by atoms with E-state index in [2.05, 4.69) is 10.3 Å². The molecule has 0 saturated heterocycles. The van der Waals surface area contributed by atoms with Crippen molar-refractivity contribution in [3.63, 3.8) is 0 Å². The molecule has 2 aromatic carbocycles. The summed E-state index contributed by atoms with van der Waals surface area (Å²) in [6.07, 6.45) is 0. The molecule has 0 spiro atoms. The number of anilines is 1. The highest BCUT2D eigenvalue weighted by atomic mass is 32.1. The van der Waals surface area contributed by atoms with Crippen molar-refractivity contribution in [2.45, 2.75) is 13.8 Å². The Bertz CT molecular complexity index is 910. The van der Waals surface area contributed by atoms with Crippen LogP contribution in [0.4, 0.5) is 9.52 Å². The topological polar surface area (TPSA) is 60.5 Å². The van der Waals surface area contributed by atoms with Gasteiger partial charge in [-0.1, -0.05) is 11.3 Å². The van der Waals surface area contributed by atoms with Crippen molar-refractivity contribution in [1.82, 2.24) is 4.98 Å². The first-order valence-corrected chi connectivity index (χ1v) is 8.69. The fraction of sp³-hybridized carbons (Fsp3) is 0.222. The number of nitrogens with one attached hydrogen (secondary N) is 1. The lowest BCUT2D eigenvalue weighted by molar-refractivity contribution is 0.102. The zero-order chi connectivity index (χ0) is 17.8. The van der Waals surface area contributed by atoms with Crippen LogP contribution in [0.1, 0.15) is 24.2 Å². The average molecular weight is 360 g/mol. The van der Waals surface area contributed by atoms with Gasteiger partial charge in [-0.25, -0.2) is 9.37 Å². The van der Waals surface area contributed by atoms with Crippen LogP contribution in [0.15, 0.2) is 36.4 Å². The second kappa shape index (κ2) is 7.48. The third kappa shape index (κ3) is 3.88. The number of fused-ring (bicyclic) bond motifs is 1. The van der Waals surface area contributed by atoms with Crippen molar-refractivity contribution in [3.05, 3.63) is 47.8 Å². The van der Waals surface area contributed by atoms with Gasteiger partial charge < -0.3 is 9.47 Å². The quantitative estimate of drug-likeness (QED) is 0.704. The minimum Gasteiger partial charge on any atom is -0.490 e. The van der Waals surface area contributed by atoms with Crippen molar-refractivity contribution >= 4 is 32.6 Å². The van der Waals surface area contributed by atoms with Crippen molar-refractivity contribution in [2.24, 2.45) is 0 Å². The Balaban J connectivity index is 1.82. The van der Waals surface area contributed by atoms with E-state index in [1.54, 1.807) is 24.3 Å². The third-order valence-electron chi connectivity index (χ3n) is 3.38. The molecule has 25 heavy (non-hydrogen) atoms. The van der Waals surface area contributed by atoms with Gasteiger partial charge >= 0.3 is 0 Å². The smallest absolute Gasteiger partial charge is 0.257 e. The SMILES string of the molecule is CCOc1ccc(C(=O)Nc2nc3ccc(F)cc3s2)cc1OCC. The lowest BCUT2D eigenvalue weighted by atomic mass is 10.2. The molecule has 0 aliphatic heterocycles. The zero-order valence-corrected chi connectivity index (χ0v) is 14.7. The maximum absolute atomic E-state index is 13.3. The summed E-state index contributed by atoms with van der Waals surface area (Å²) in [5.74, 6) is 0.463. The Morgan fingerprint density at radius 1 is 1.12 bits per heavy atom. The summed E-state index contributed by atoms with van der Waals surface area (Å²) in [5, 5.41) is 3.15. The van der Waals surface area contributed by atoms with E-state index < -0.39 is 0 Å². The van der Waals surface area contributed by atoms with E-state index in [1.807, 2.05) is 13.8 Å². The number of aromatic nitrogens is 1. The summed E-state index contributed by atoms with van der Waals surface area (Å²) in [5.41, 5.74) is 1.07. The molecule has 1 aromatic heterocycles. The van der Waals surface area contributed by atoms with E-state index in [1.165, 1.54) is 23.5 Å². The number of thiazole rings is 1. The minimum absolute atomic E-state index is 0.316. The summed E-state index contributed by atoms with van der Waals surface area (Å²) in [7, 11) is 0. The van der Waals surface area contributed by atoms with Gasteiger partial charge in [-0.3, -0.25) is 10.1 Å². The highest BCUT2D eigenvalue weighted by molar-refractivity contribution is 7.22. The largest absolute Gasteiger partial charge is 0.490 e. The van der Waals surface area contributed by atoms with Crippen LogP contribution in [0.3, 0.4) is 0 Å². The van der Waals surface area contributed by atoms with Gasteiger partial charge in [0.25, 0.3) is 5.91 Å². The minimum atomic E-state index is -0.332. The average Bonchev–Trinajstić information content (AvgIpc) is 2.98. The Morgan fingerprint density at radius 3 is 2.64 bits per heavy atom. The summed E-state index contributed by atoms with van der Waals surface area (Å²) >= 11 is 1.22. The molecule has 1 N–H and O–H groups in total. The summed E-state index contributed by atoms with van der Waals surface area (Å²) < 4.78 is 25.0. The molecule has 7 heteroatoms. The molecule has 0 atom stereocenters. The van der Waals surface area contributed by atoms with Gasteiger partial charge in [-0.15, -0.1) is 0 Å². The van der Waals surface area contributed by atoms with Crippen LogP contribution in [0.5, 0.6) is 11.5 Å². The second-order valence-corrected chi connectivity index (χ2v) is 6.14. The van der Waals surface area contributed by atoms with E-state index in [9.17, 15) is 9.18 Å². The maximum atomic E-state index is 13.3. The predicted molar refractivity (Wildman–Crippen MR) is 96.3 cm³/mol. The number of rotatable bonds is 6. The van der Waals surface area contributed by atoms with Crippen LogP contribution in [-0.2, 0) is 0 Å². The fourth-order valence-corrected chi connectivity index (χ4v) is 3.20. The van der Waals surface area contributed by atoms with E-state index in [4.69, 9.17) is 9.47 Å². The number of ether oxygens (including phenoxy) is 2. The number of carbonyl (C=O) groups is 1. The molecule has 130 valence electrons. The number of carbonyl (C=O) groups excluding carboxylic acids is 1. The lowest BCUT2D eigenvalue weighted by Crippen LogP contribution is -2.12. The van der Waals surface area contributed by atoms with Gasteiger partial charge in [0, 0.05) is 5.56 Å². The van der Waals surface area contributed by atoms with E-state index in [0.717, 1.165) is 0 Å². The number of benzene rings is 2. The Hall–Kier alpha value is -2.67. The van der Waals surface area contributed by atoms with Gasteiger partial charge in [-0.2, -0.15) is 0 Å². The molecule has 0 unspecified atom stereocenters. The number of hydrogen-bond donors (Lipinski definition) is 1. The van der Waals surface area contributed by atoms with Crippen LogP contribution < -0.4 is 14.8 Å². The van der Waals surface area contributed by atoms with Crippen LogP contribution in [0.2, 0.25) is 0 Å². The predicted octanol–water partition coefficient (Wildman–Crippen LogP) is 4.49. The summed E-state index contributed by atoms with van der Waals surface area (Å²) in [4.78, 5) is 16.8. The molecule has 1 heterocycles. The standard InChI is InChI=1S/C18H17FN2O3S/c1-3-23-14-8-5-11(9-15(14)24-4-2)17(22)21-18-20-13-7-6-12(19)10-16(13)25-18/h5-10H,3-4H2,1-2H3,(H,20,21,22). The first-order chi connectivity index (χ1) is 12.1. The number of hydrogen-bond acceptors (Lipinski definition) is 5. The van der Waals surface area contributed by atoms with E-state index >= 15 is 0 Å². The lowest BCUT2D eigenvalue weighted by Gasteiger charge is -2.12. The number of nitrogens with zero attached hydrogens (tertiary/aromatic N) is 1. The molecule has 3 aromatic rings. The van der Waals surface area contributed by atoms with Crippen LogP contribution in [0, 0.1) is 5.82 Å². The normalized spacial score (nSPS) is 10.7. The van der Waals surface area contributed by atoms with Gasteiger partial charge in [0.05, 0.1) is 23.4 Å². The van der Waals surface area contributed by atoms with Crippen LogP contribution >= 0.6 is 11.3 Å². The highest BCUT2D eigenvalue weighted by Gasteiger charge is 2.14. The summed E-state index contributed by atoms with van der Waals surface area (Å²) in [6.45, 7) is 4.72. The first kappa shape index (κ1) is 17.2. The Morgan fingerprint density at radius 2 is 1.88 bits per heavy atom. The van der Waals surface area contributed by atoms with Crippen molar-refractivity contribution in [3.8, 4) is 11.5 Å². The monoisotopic (exact) mass is 360 g/mol. The third-order valence-corrected chi connectivity index (χ3v) is 4.31. The first-order valence-electron chi connectivity index (χ1n) is 7.87. The van der Waals surface area contributed by atoms with Crippen molar-refractivity contribution in [1.29, 1.82) is 0 Å². The van der Waals surface area contributed by atoms with Crippen LogP contribution in [0.25, 0.3) is 10.2 Å².